The molecule has 0 fully saturated rings. The number of rotatable bonds is 3. The minimum Gasteiger partial charge on any atom is -0.508 e. The summed E-state index contributed by atoms with van der Waals surface area (Å²) in [6.07, 6.45) is 2.27. The van der Waals surface area contributed by atoms with Crippen LogP contribution in [0.25, 0.3) is 6.08 Å². The minimum absolute atomic E-state index is 0.207. The average molecular weight is 274 g/mol. The topological polar surface area (TPSA) is 77.8 Å². The minimum atomic E-state index is -0.705. The molecule has 0 unspecified atom stereocenters. The highest BCUT2D eigenvalue weighted by Crippen LogP contribution is 2.32. The van der Waals surface area contributed by atoms with Gasteiger partial charge in [-0.3, -0.25) is 4.79 Å². The first-order chi connectivity index (χ1) is 9.49. The zero-order valence-electron chi connectivity index (χ0n) is 10.2. The van der Waals surface area contributed by atoms with Gasteiger partial charge in [0.1, 0.15) is 28.6 Å². The van der Waals surface area contributed by atoms with Crippen molar-refractivity contribution < 1.29 is 24.5 Å². The highest BCUT2D eigenvalue weighted by molar-refractivity contribution is 6.10. The largest absolute Gasteiger partial charge is 0.508 e. The number of hydrogen-bond acceptors (Lipinski definition) is 4. The van der Waals surface area contributed by atoms with E-state index in [1.54, 1.807) is 6.07 Å². The molecule has 0 radical (unpaired) electrons. The molecular weight excluding hydrogens is 263 g/mol. The number of hydrogen-bond donors (Lipinski definition) is 3. The van der Waals surface area contributed by atoms with E-state index in [-0.39, 0.29) is 16.9 Å². The third-order valence-electron chi connectivity index (χ3n) is 2.65. The van der Waals surface area contributed by atoms with Crippen LogP contribution in [0, 0.1) is 5.82 Å². The second-order valence-electron chi connectivity index (χ2n) is 4.08. The highest BCUT2D eigenvalue weighted by Gasteiger charge is 2.15. The summed E-state index contributed by atoms with van der Waals surface area (Å²) in [4.78, 5) is 11.9. The molecule has 0 saturated heterocycles. The first-order valence-electron chi connectivity index (χ1n) is 5.71. The number of aromatic hydroxyl groups is 3. The maximum absolute atomic E-state index is 13.4. The van der Waals surface area contributed by atoms with E-state index in [4.69, 9.17) is 5.11 Å². The van der Waals surface area contributed by atoms with Crippen molar-refractivity contribution in [3.05, 3.63) is 59.4 Å². The Hall–Kier alpha value is -2.82. The van der Waals surface area contributed by atoms with Crippen LogP contribution >= 0.6 is 0 Å². The number of phenolic OH excluding ortho intramolecular Hbond substituents is 3. The SMILES string of the molecule is O=C(/C=C/c1ccccc1F)c1c(O)cc(O)cc1O. The van der Waals surface area contributed by atoms with E-state index in [0.717, 1.165) is 18.2 Å². The molecule has 4 nitrogen and oxygen atoms in total. The van der Waals surface area contributed by atoms with Gasteiger partial charge in [0.2, 0.25) is 0 Å². The van der Waals surface area contributed by atoms with Crippen LogP contribution in [0.2, 0.25) is 0 Å². The summed E-state index contributed by atoms with van der Waals surface area (Å²) in [6.45, 7) is 0. The Morgan fingerprint density at radius 2 is 1.65 bits per heavy atom. The van der Waals surface area contributed by atoms with E-state index in [0.29, 0.717) is 0 Å². The lowest BCUT2D eigenvalue weighted by atomic mass is 10.1. The van der Waals surface area contributed by atoms with Gasteiger partial charge in [0.05, 0.1) is 0 Å². The molecule has 0 atom stereocenters. The van der Waals surface area contributed by atoms with Crippen LogP contribution in [0.5, 0.6) is 17.2 Å². The number of carbonyl (C=O) groups excluding carboxylic acids is 1. The fourth-order valence-electron chi connectivity index (χ4n) is 1.71. The van der Waals surface area contributed by atoms with E-state index in [2.05, 4.69) is 0 Å². The monoisotopic (exact) mass is 274 g/mol. The van der Waals surface area contributed by atoms with Gasteiger partial charge in [-0.05, 0) is 18.2 Å². The number of phenols is 3. The number of allylic oxidation sites excluding steroid dienone is 1. The molecule has 0 aromatic heterocycles. The van der Waals surface area contributed by atoms with Gasteiger partial charge in [-0.2, -0.15) is 0 Å². The number of carbonyl (C=O) groups is 1. The third-order valence-corrected chi connectivity index (χ3v) is 2.65. The van der Waals surface area contributed by atoms with Crippen molar-refractivity contribution >= 4 is 11.9 Å². The Labute approximate surface area is 114 Å². The Morgan fingerprint density at radius 1 is 1.05 bits per heavy atom. The van der Waals surface area contributed by atoms with E-state index in [1.807, 2.05) is 0 Å². The fraction of sp³-hybridized carbons (Fsp3) is 0. The average Bonchev–Trinajstić information content (AvgIpc) is 2.36. The molecule has 20 heavy (non-hydrogen) atoms. The lowest BCUT2D eigenvalue weighted by Gasteiger charge is -2.04. The quantitative estimate of drug-likeness (QED) is 0.594. The van der Waals surface area contributed by atoms with Gasteiger partial charge >= 0.3 is 0 Å². The van der Waals surface area contributed by atoms with Crippen molar-refractivity contribution in [1.82, 2.24) is 0 Å². The Kier molecular flexibility index (Phi) is 3.70. The summed E-state index contributed by atoms with van der Waals surface area (Å²) >= 11 is 0. The first kappa shape index (κ1) is 13.6. The van der Waals surface area contributed by atoms with E-state index in [9.17, 15) is 19.4 Å². The lowest BCUT2D eigenvalue weighted by molar-refractivity contribution is 0.104. The molecular formula is C15H11FO4. The van der Waals surface area contributed by atoms with Crippen LogP contribution in [0.4, 0.5) is 4.39 Å². The zero-order chi connectivity index (χ0) is 14.7. The molecule has 0 amide bonds. The van der Waals surface area contributed by atoms with Crippen LogP contribution in [-0.4, -0.2) is 21.1 Å². The molecule has 0 aliphatic rings. The molecule has 0 heterocycles. The van der Waals surface area contributed by atoms with Crippen molar-refractivity contribution in [2.45, 2.75) is 0 Å². The first-order valence-corrected chi connectivity index (χ1v) is 5.71. The van der Waals surface area contributed by atoms with Gasteiger partial charge in [-0.1, -0.05) is 18.2 Å². The number of benzene rings is 2. The van der Waals surface area contributed by atoms with Crippen molar-refractivity contribution in [2.75, 3.05) is 0 Å². The fourth-order valence-corrected chi connectivity index (χ4v) is 1.71. The highest BCUT2D eigenvalue weighted by atomic mass is 19.1. The van der Waals surface area contributed by atoms with Crippen LogP contribution in [0.1, 0.15) is 15.9 Å². The zero-order valence-corrected chi connectivity index (χ0v) is 10.2. The third kappa shape index (κ3) is 2.77. The molecule has 3 N–H and O–H groups in total. The predicted molar refractivity (Wildman–Crippen MR) is 71.2 cm³/mol. The summed E-state index contributed by atoms with van der Waals surface area (Å²) in [5.74, 6) is -2.66. The summed E-state index contributed by atoms with van der Waals surface area (Å²) < 4.78 is 13.4. The van der Waals surface area contributed by atoms with Gasteiger partial charge in [0, 0.05) is 17.7 Å². The van der Waals surface area contributed by atoms with Gasteiger partial charge in [0.15, 0.2) is 5.78 Å². The second-order valence-corrected chi connectivity index (χ2v) is 4.08. The van der Waals surface area contributed by atoms with Crippen LogP contribution < -0.4 is 0 Å². The predicted octanol–water partition coefficient (Wildman–Crippen LogP) is 2.84. The lowest BCUT2D eigenvalue weighted by Crippen LogP contribution is -1.96. The standard InChI is InChI=1S/C15H11FO4/c16-11-4-2-1-3-9(11)5-6-12(18)15-13(19)7-10(17)8-14(15)20/h1-8,17,19-20H/b6-5+. The number of halogens is 1. The molecule has 0 saturated carbocycles. The molecule has 5 heteroatoms. The molecule has 0 aliphatic heterocycles. The van der Waals surface area contributed by atoms with Crippen LogP contribution in [0.15, 0.2) is 42.5 Å². The summed E-state index contributed by atoms with van der Waals surface area (Å²) in [5, 5.41) is 28.2. The van der Waals surface area contributed by atoms with E-state index < -0.39 is 23.1 Å². The van der Waals surface area contributed by atoms with Crippen molar-refractivity contribution in [2.24, 2.45) is 0 Å². The van der Waals surface area contributed by atoms with Crippen molar-refractivity contribution in [1.29, 1.82) is 0 Å². The number of ketones is 1. The molecule has 2 rings (SSSR count). The normalized spacial score (nSPS) is 10.8. The smallest absolute Gasteiger partial charge is 0.193 e. The maximum atomic E-state index is 13.4. The van der Waals surface area contributed by atoms with Crippen molar-refractivity contribution in [3.63, 3.8) is 0 Å². The van der Waals surface area contributed by atoms with Crippen molar-refractivity contribution in [3.8, 4) is 17.2 Å². The van der Waals surface area contributed by atoms with Gasteiger partial charge in [0.25, 0.3) is 0 Å². The van der Waals surface area contributed by atoms with E-state index in [1.165, 1.54) is 24.3 Å². The van der Waals surface area contributed by atoms with Crippen LogP contribution in [0.3, 0.4) is 0 Å². The van der Waals surface area contributed by atoms with Gasteiger partial charge < -0.3 is 15.3 Å². The maximum Gasteiger partial charge on any atom is 0.193 e. The molecule has 102 valence electrons. The molecule has 2 aromatic rings. The summed E-state index contributed by atoms with van der Waals surface area (Å²) in [5.41, 5.74) is -0.144. The van der Waals surface area contributed by atoms with Gasteiger partial charge in [-0.15, -0.1) is 0 Å². The summed E-state index contributed by atoms with van der Waals surface area (Å²) in [6, 6.07) is 7.73. The second kappa shape index (κ2) is 5.44. The summed E-state index contributed by atoms with van der Waals surface area (Å²) in [7, 11) is 0. The van der Waals surface area contributed by atoms with Crippen LogP contribution in [-0.2, 0) is 0 Å². The van der Waals surface area contributed by atoms with Gasteiger partial charge in [-0.25, -0.2) is 4.39 Å². The Balaban J connectivity index is 2.32. The Bertz CT molecular complexity index is 669. The molecule has 0 spiro atoms. The molecule has 0 aliphatic carbocycles. The molecule has 0 bridgehead atoms. The Morgan fingerprint density at radius 3 is 2.25 bits per heavy atom. The van der Waals surface area contributed by atoms with E-state index >= 15 is 0 Å². The molecule has 2 aromatic carbocycles.